The van der Waals surface area contributed by atoms with Crippen molar-refractivity contribution in [3.05, 3.63) is 52.0 Å². The van der Waals surface area contributed by atoms with Crippen molar-refractivity contribution in [1.29, 1.82) is 0 Å². The first-order valence-corrected chi connectivity index (χ1v) is 7.62. The van der Waals surface area contributed by atoms with E-state index in [4.69, 9.17) is 4.52 Å². The molecule has 0 fully saturated rings. The molecule has 106 valence electrons. The number of fused-ring (bicyclic) bond motifs is 1. The fourth-order valence-electron chi connectivity index (χ4n) is 2.55. The van der Waals surface area contributed by atoms with Crippen molar-refractivity contribution in [2.75, 3.05) is 6.54 Å². The minimum atomic E-state index is -0.0293. The standard InChI is InChI=1S/C15H13N3O2S/c19-10-3-1-9(2-4-10)14-17-15(20-18-14)13-11-6-8-21-12(11)5-7-16-13/h1-4,6,8,13,16,19H,5,7H2. The molecular weight excluding hydrogens is 286 g/mol. The van der Waals surface area contributed by atoms with E-state index in [1.54, 1.807) is 35.6 Å². The third-order valence-electron chi connectivity index (χ3n) is 3.61. The molecule has 21 heavy (non-hydrogen) atoms. The average Bonchev–Trinajstić information content (AvgIpc) is 3.16. The predicted octanol–water partition coefficient (Wildman–Crippen LogP) is 2.74. The van der Waals surface area contributed by atoms with Crippen LogP contribution in [-0.4, -0.2) is 21.8 Å². The smallest absolute Gasteiger partial charge is 0.248 e. The van der Waals surface area contributed by atoms with E-state index in [1.807, 2.05) is 0 Å². The quantitative estimate of drug-likeness (QED) is 0.761. The largest absolute Gasteiger partial charge is 0.508 e. The Hall–Kier alpha value is -2.18. The second-order valence-electron chi connectivity index (χ2n) is 4.94. The van der Waals surface area contributed by atoms with Crippen LogP contribution in [0.4, 0.5) is 0 Å². The molecule has 3 aromatic rings. The Morgan fingerprint density at radius 3 is 2.95 bits per heavy atom. The first-order valence-electron chi connectivity index (χ1n) is 6.74. The van der Waals surface area contributed by atoms with Crippen LogP contribution in [0.2, 0.25) is 0 Å². The molecule has 4 rings (SSSR count). The molecule has 0 saturated heterocycles. The minimum absolute atomic E-state index is 0.0293. The van der Waals surface area contributed by atoms with E-state index >= 15 is 0 Å². The number of nitrogens with one attached hydrogen (secondary N) is 1. The lowest BCUT2D eigenvalue weighted by Gasteiger charge is -2.20. The molecular formula is C15H13N3O2S. The van der Waals surface area contributed by atoms with E-state index in [2.05, 4.69) is 26.9 Å². The highest BCUT2D eigenvalue weighted by atomic mass is 32.1. The number of rotatable bonds is 2. The number of nitrogens with zero attached hydrogens (tertiary/aromatic N) is 2. The van der Waals surface area contributed by atoms with Gasteiger partial charge in [-0.2, -0.15) is 4.98 Å². The van der Waals surface area contributed by atoms with Gasteiger partial charge in [0.1, 0.15) is 11.8 Å². The number of benzene rings is 1. The van der Waals surface area contributed by atoms with Crippen LogP contribution in [0.15, 0.2) is 40.2 Å². The van der Waals surface area contributed by atoms with E-state index in [9.17, 15) is 5.11 Å². The summed E-state index contributed by atoms with van der Waals surface area (Å²) in [5.74, 6) is 1.34. The lowest BCUT2D eigenvalue weighted by Crippen LogP contribution is -2.29. The Morgan fingerprint density at radius 2 is 2.10 bits per heavy atom. The summed E-state index contributed by atoms with van der Waals surface area (Å²) in [7, 11) is 0. The minimum Gasteiger partial charge on any atom is -0.508 e. The van der Waals surface area contributed by atoms with E-state index in [0.717, 1.165) is 18.5 Å². The SMILES string of the molecule is Oc1ccc(-c2noc(C3NCCc4sccc43)n2)cc1. The number of hydrogen-bond acceptors (Lipinski definition) is 6. The summed E-state index contributed by atoms with van der Waals surface area (Å²) < 4.78 is 5.43. The third kappa shape index (κ3) is 2.22. The Labute approximate surface area is 125 Å². The molecule has 3 heterocycles. The molecule has 0 radical (unpaired) electrons. The normalized spacial score (nSPS) is 17.6. The first kappa shape index (κ1) is 12.6. The van der Waals surface area contributed by atoms with Gasteiger partial charge in [0.2, 0.25) is 11.7 Å². The zero-order valence-corrected chi connectivity index (χ0v) is 11.9. The summed E-state index contributed by atoms with van der Waals surface area (Å²) in [5.41, 5.74) is 2.05. The zero-order valence-electron chi connectivity index (χ0n) is 11.1. The van der Waals surface area contributed by atoms with Crippen LogP contribution in [-0.2, 0) is 6.42 Å². The summed E-state index contributed by atoms with van der Waals surface area (Å²) in [5, 5.41) is 18.9. The molecule has 6 heteroatoms. The second-order valence-corrected chi connectivity index (χ2v) is 5.94. The summed E-state index contributed by atoms with van der Waals surface area (Å²) in [4.78, 5) is 5.87. The summed E-state index contributed by atoms with van der Waals surface area (Å²) in [6.07, 6.45) is 1.04. The molecule has 1 aliphatic rings. The maximum atomic E-state index is 9.33. The fraction of sp³-hybridized carbons (Fsp3) is 0.200. The number of hydrogen-bond donors (Lipinski definition) is 2. The van der Waals surface area contributed by atoms with E-state index in [-0.39, 0.29) is 11.8 Å². The topological polar surface area (TPSA) is 71.2 Å². The van der Waals surface area contributed by atoms with Gasteiger partial charge >= 0.3 is 0 Å². The van der Waals surface area contributed by atoms with Gasteiger partial charge in [-0.05, 0) is 47.7 Å². The van der Waals surface area contributed by atoms with Gasteiger partial charge in [0, 0.05) is 17.0 Å². The number of aromatic nitrogens is 2. The van der Waals surface area contributed by atoms with Gasteiger partial charge in [0.05, 0.1) is 0 Å². The maximum Gasteiger partial charge on any atom is 0.248 e. The molecule has 2 aromatic heterocycles. The third-order valence-corrected chi connectivity index (χ3v) is 4.60. The van der Waals surface area contributed by atoms with Crippen LogP contribution in [0.3, 0.4) is 0 Å². The van der Waals surface area contributed by atoms with Crippen molar-refractivity contribution in [3.8, 4) is 17.1 Å². The lowest BCUT2D eigenvalue weighted by atomic mass is 10.0. The summed E-state index contributed by atoms with van der Waals surface area (Å²) in [6.45, 7) is 0.912. The van der Waals surface area contributed by atoms with Gasteiger partial charge in [-0.1, -0.05) is 5.16 Å². The lowest BCUT2D eigenvalue weighted by molar-refractivity contribution is 0.344. The number of phenols is 1. The van der Waals surface area contributed by atoms with Crippen LogP contribution in [0, 0.1) is 0 Å². The van der Waals surface area contributed by atoms with Crippen molar-refractivity contribution < 1.29 is 9.63 Å². The van der Waals surface area contributed by atoms with Gasteiger partial charge in [0.15, 0.2) is 0 Å². The summed E-state index contributed by atoms with van der Waals surface area (Å²) in [6, 6.07) is 8.85. The monoisotopic (exact) mass is 299 g/mol. The maximum absolute atomic E-state index is 9.33. The molecule has 5 nitrogen and oxygen atoms in total. The first-order chi connectivity index (χ1) is 10.3. The Balaban J connectivity index is 1.68. The van der Waals surface area contributed by atoms with Crippen molar-refractivity contribution in [2.24, 2.45) is 0 Å². The Kier molecular flexibility index (Phi) is 2.98. The highest BCUT2D eigenvalue weighted by molar-refractivity contribution is 7.10. The molecule has 0 aliphatic carbocycles. The highest BCUT2D eigenvalue weighted by Gasteiger charge is 2.27. The molecule has 0 amide bonds. The van der Waals surface area contributed by atoms with Crippen LogP contribution < -0.4 is 5.32 Å². The van der Waals surface area contributed by atoms with Crippen LogP contribution in [0.5, 0.6) is 5.75 Å². The molecule has 0 saturated carbocycles. The second kappa shape index (κ2) is 4.98. The van der Waals surface area contributed by atoms with Crippen molar-refractivity contribution in [3.63, 3.8) is 0 Å². The van der Waals surface area contributed by atoms with Crippen molar-refractivity contribution in [2.45, 2.75) is 12.5 Å². The van der Waals surface area contributed by atoms with E-state index in [0.29, 0.717) is 11.7 Å². The molecule has 0 bridgehead atoms. The number of aromatic hydroxyl groups is 1. The van der Waals surface area contributed by atoms with Gasteiger partial charge in [-0.15, -0.1) is 11.3 Å². The van der Waals surface area contributed by atoms with Crippen LogP contribution in [0.1, 0.15) is 22.4 Å². The van der Waals surface area contributed by atoms with Gasteiger partial charge in [0.25, 0.3) is 0 Å². The van der Waals surface area contributed by atoms with Gasteiger partial charge in [-0.25, -0.2) is 0 Å². The predicted molar refractivity (Wildman–Crippen MR) is 79.3 cm³/mol. The molecule has 1 aromatic carbocycles. The molecule has 1 atom stereocenters. The van der Waals surface area contributed by atoms with Gasteiger partial charge < -0.3 is 14.9 Å². The fourth-order valence-corrected chi connectivity index (χ4v) is 3.47. The van der Waals surface area contributed by atoms with E-state index < -0.39 is 0 Å². The van der Waals surface area contributed by atoms with Gasteiger partial charge in [-0.3, -0.25) is 0 Å². The van der Waals surface area contributed by atoms with Crippen LogP contribution >= 0.6 is 11.3 Å². The molecule has 1 aliphatic heterocycles. The highest BCUT2D eigenvalue weighted by Crippen LogP contribution is 2.32. The van der Waals surface area contributed by atoms with Crippen LogP contribution in [0.25, 0.3) is 11.4 Å². The van der Waals surface area contributed by atoms with Crippen molar-refractivity contribution in [1.82, 2.24) is 15.5 Å². The average molecular weight is 299 g/mol. The van der Waals surface area contributed by atoms with E-state index in [1.165, 1.54) is 10.4 Å². The molecule has 1 unspecified atom stereocenters. The summed E-state index contributed by atoms with van der Waals surface area (Å²) >= 11 is 1.77. The number of thiophene rings is 1. The Bertz CT molecular complexity index is 763. The molecule has 0 spiro atoms. The zero-order chi connectivity index (χ0) is 14.2. The van der Waals surface area contributed by atoms with Crippen molar-refractivity contribution >= 4 is 11.3 Å². The molecule has 2 N–H and O–H groups in total. The Morgan fingerprint density at radius 1 is 1.24 bits per heavy atom. The number of phenolic OH excluding ortho intramolecular Hbond substituents is 1.